The molecule has 0 aliphatic heterocycles. The molecule has 0 amide bonds. The summed E-state index contributed by atoms with van der Waals surface area (Å²) in [6.07, 6.45) is 5.20. The first kappa shape index (κ1) is 14.3. The minimum absolute atomic E-state index is 0.0296. The summed E-state index contributed by atoms with van der Waals surface area (Å²) < 4.78 is 1.35. The Balaban J connectivity index is 2.13. The summed E-state index contributed by atoms with van der Waals surface area (Å²) in [4.78, 5) is 12.0. The SMILES string of the molecule is CC(C)n1ncc(NCC2(O)CCCC2)c(Cl)c1=O. The average Bonchev–Trinajstić information content (AvgIpc) is 2.78. The monoisotopic (exact) mass is 285 g/mol. The minimum atomic E-state index is -0.684. The summed E-state index contributed by atoms with van der Waals surface area (Å²) in [6, 6.07) is -0.0296. The minimum Gasteiger partial charge on any atom is -0.388 e. The summed E-state index contributed by atoms with van der Waals surface area (Å²) >= 11 is 6.06. The topological polar surface area (TPSA) is 67.2 Å². The maximum Gasteiger partial charge on any atom is 0.287 e. The molecule has 1 fully saturated rings. The van der Waals surface area contributed by atoms with Gasteiger partial charge in [-0.15, -0.1) is 0 Å². The third kappa shape index (κ3) is 3.09. The van der Waals surface area contributed by atoms with E-state index in [4.69, 9.17) is 11.6 Å². The molecule has 0 unspecified atom stereocenters. The molecule has 5 nitrogen and oxygen atoms in total. The molecule has 1 aromatic rings. The first-order valence-electron chi connectivity index (χ1n) is 6.66. The fourth-order valence-corrected chi connectivity index (χ4v) is 2.61. The van der Waals surface area contributed by atoms with Gasteiger partial charge in [0.2, 0.25) is 0 Å². The van der Waals surface area contributed by atoms with Crippen LogP contribution in [0.3, 0.4) is 0 Å². The van der Waals surface area contributed by atoms with Gasteiger partial charge in [0.1, 0.15) is 5.02 Å². The first-order chi connectivity index (χ1) is 8.93. The van der Waals surface area contributed by atoms with Gasteiger partial charge in [0.15, 0.2) is 0 Å². The van der Waals surface area contributed by atoms with E-state index in [1.165, 1.54) is 4.68 Å². The van der Waals surface area contributed by atoms with Gasteiger partial charge in [0.05, 0.1) is 23.5 Å². The van der Waals surface area contributed by atoms with E-state index in [1.807, 2.05) is 13.8 Å². The lowest BCUT2D eigenvalue weighted by molar-refractivity contribution is 0.0614. The number of nitrogens with one attached hydrogen (secondary N) is 1. The Kier molecular flexibility index (Phi) is 4.16. The van der Waals surface area contributed by atoms with Crippen LogP contribution in [-0.4, -0.2) is 27.0 Å². The summed E-state index contributed by atoms with van der Waals surface area (Å²) in [5.74, 6) is 0. The van der Waals surface area contributed by atoms with Crippen LogP contribution in [0.4, 0.5) is 5.69 Å². The van der Waals surface area contributed by atoms with Crippen molar-refractivity contribution in [2.24, 2.45) is 0 Å². The zero-order valence-electron chi connectivity index (χ0n) is 11.3. The third-order valence-electron chi connectivity index (χ3n) is 3.57. The lowest BCUT2D eigenvalue weighted by Crippen LogP contribution is -2.34. The van der Waals surface area contributed by atoms with Gasteiger partial charge < -0.3 is 10.4 Å². The smallest absolute Gasteiger partial charge is 0.287 e. The Morgan fingerprint density at radius 2 is 2.16 bits per heavy atom. The molecule has 0 bridgehead atoms. The Bertz CT molecular complexity index is 507. The van der Waals surface area contributed by atoms with Crippen molar-refractivity contribution in [3.63, 3.8) is 0 Å². The zero-order valence-corrected chi connectivity index (χ0v) is 12.1. The molecule has 6 heteroatoms. The quantitative estimate of drug-likeness (QED) is 0.890. The van der Waals surface area contributed by atoms with Crippen molar-refractivity contribution < 1.29 is 5.11 Å². The highest BCUT2D eigenvalue weighted by atomic mass is 35.5. The van der Waals surface area contributed by atoms with E-state index in [9.17, 15) is 9.90 Å². The van der Waals surface area contributed by atoms with Crippen LogP contribution >= 0.6 is 11.6 Å². The molecule has 1 aliphatic carbocycles. The highest BCUT2D eigenvalue weighted by Gasteiger charge is 2.31. The maximum absolute atomic E-state index is 12.0. The summed E-state index contributed by atoms with van der Waals surface area (Å²) in [6.45, 7) is 4.15. The van der Waals surface area contributed by atoms with Crippen molar-refractivity contribution in [2.45, 2.75) is 51.2 Å². The molecule has 0 atom stereocenters. The highest BCUT2D eigenvalue weighted by molar-refractivity contribution is 6.32. The van der Waals surface area contributed by atoms with E-state index in [0.29, 0.717) is 12.2 Å². The van der Waals surface area contributed by atoms with Gasteiger partial charge in [-0.25, -0.2) is 4.68 Å². The molecular weight excluding hydrogens is 266 g/mol. The van der Waals surface area contributed by atoms with Crippen LogP contribution in [-0.2, 0) is 0 Å². The van der Waals surface area contributed by atoms with E-state index >= 15 is 0 Å². The second-order valence-corrected chi connectivity index (χ2v) is 5.88. The van der Waals surface area contributed by atoms with E-state index < -0.39 is 5.60 Å². The van der Waals surface area contributed by atoms with Gasteiger partial charge in [0.25, 0.3) is 5.56 Å². The average molecular weight is 286 g/mol. The number of nitrogens with zero attached hydrogens (tertiary/aromatic N) is 2. The van der Waals surface area contributed by atoms with Crippen LogP contribution in [0.2, 0.25) is 5.02 Å². The van der Waals surface area contributed by atoms with Crippen molar-refractivity contribution in [1.29, 1.82) is 0 Å². The van der Waals surface area contributed by atoms with Gasteiger partial charge in [-0.3, -0.25) is 4.79 Å². The van der Waals surface area contributed by atoms with Gasteiger partial charge in [-0.1, -0.05) is 24.4 Å². The number of rotatable bonds is 4. The largest absolute Gasteiger partial charge is 0.388 e. The van der Waals surface area contributed by atoms with Crippen LogP contribution in [0, 0.1) is 0 Å². The number of halogens is 1. The fourth-order valence-electron chi connectivity index (χ4n) is 2.41. The molecule has 2 rings (SSSR count). The normalized spacial score (nSPS) is 17.9. The van der Waals surface area contributed by atoms with E-state index in [-0.39, 0.29) is 16.6 Å². The van der Waals surface area contributed by atoms with Gasteiger partial charge in [-0.05, 0) is 26.7 Å². The lowest BCUT2D eigenvalue weighted by atomic mass is 10.0. The predicted molar refractivity (Wildman–Crippen MR) is 75.8 cm³/mol. The zero-order chi connectivity index (χ0) is 14.0. The highest BCUT2D eigenvalue weighted by Crippen LogP contribution is 2.30. The summed E-state index contributed by atoms with van der Waals surface area (Å²) in [7, 11) is 0. The number of anilines is 1. The van der Waals surface area contributed by atoms with Crippen molar-refractivity contribution in [3.8, 4) is 0 Å². The molecule has 0 aromatic carbocycles. The molecule has 1 aromatic heterocycles. The molecule has 19 heavy (non-hydrogen) atoms. The number of hydrogen-bond donors (Lipinski definition) is 2. The van der Waals surface area contributed by atoms with Gasteiger partial charge in [0, 0.05) is 6.54 Å². The molecule has 1 aliphatic rings. The van der Waals surface area contributed by atoms with Crippen molar-refractivity contribution in [2.75, 3.05) is 11.9 Å². The van der Waals surface area contributed by atoms with Gasteiger partial charge >= 0.3 is 0 Å². The van der Waals surface area contributed by atoms with Crippen LogP contribution in [0.1, 0.15) is 45.6 Å². The van der Waals surface area contributed by atoms with E-state index in [1.54, 1.807) is 6.20 Å². The van der Waals surface area contributed by atoms with Crippen LogP contribution in [0.5, 0.6) is 0 Å². The molecule has 2 N–H and O–H groups in total. The second kappa shape index (κ2) is 5.51. The van der Waals surface area contributed by atoms with Crippen molar-refractivity contribution >= 4 is 17.3 Å². The Labute approximate surface area is 117 Å². The molecule has 1 heterocycles. The molecule has 0 radical (unpaired) electrons. The van der Waals surface area contributed by atoms with Crippen LogP contribution in [0.15, 0.2) is 11.0 Å². The standard InChI is InChI=1S/C13H20ClN3O2/c1-9(2)17-12(18)11(14)10(7-16-17)15-8-13(19)5-3-4-6-13/h7,9,15,19H,3-6,8H2,1-2H3. The number of aliphatic hydroxyl groups is 1. The van der Waals surface area contributed by atoms with Crippen molar-refractivity contribution in [1.82, 2.24) is 9.78 Å². The maximum atomic E-state index is 12.0. The Hall–Kier alpha value is -1.07. The number of hydrogen-bond acceptors (Lipinski definition) is 4. The molecule has 0 spiro atoms. The Morgan fingerprint density at radius 1 is 1.53 bits per heavy atom. The molecule has 106 valence electrons. The Morgan fingerprint density at radius 3 is 2.74 bits per heavy atom. The van der Waals surface area contributed by atoms with Crippen LogP contribution in [0.25, 0.3) is 0 Å². The summed E-state index contributed by atoms with van der Waals surface area (Å²) in [5, 5.41) is 17.5. The van der Waals surface area contributed by atoms with Crippen LogP contribution < -0.4 is 10.9 Å². The summed E-state index contributed by atoms with van der Waals surface area (Å²) in [5.41, 5.74) is -0.500. The molecule has 0 saturated heterocycles. The lowest BCUT2D eigenvalue weighted by Gasteiger charge is -2.23. The van der Waals surface area contributed by atoms with Crippen molar-refractivity contribution in [3.05, 3.63) is 21.6 Å². The second-order valence-electron chi connectivity index (χ2n) is 5.50. The predicted octanol–water partition coefficient (Wildman–Crippen LogP) is 2.19. The first-order valence-corrected chi connectivity index (χ1v) is 7.04. The number of aromatic nitrogens is 2. The van der Waals surface area contributed by atoms with Gasteiger partial charge in [-0.2, -0.15) is 5.10 Å². The molecule has 1 saturated carbocycles. The molecular formula is C13H20ClN3O2. The fraction of sp³-hybridized carbons (Fsp3) is 0.692. The van der Waals surface area contributed by atoms with E-state index in [2.05, 4.69) is 10.4 Å². The van der Waals surface area contributed by atoms with E-state index in [0.717, 1.165) is 25.7 Å². The third-order valence-corrected chi connectivity index (χ3v) is 3.94.